The standard InChI is InChI=1S/C16H16O5/c1-8-3-2-6-16-14(21-16)13(20-15(16)19)12-9(7-8)10(17)4-5-11(12)18/h3-5,13-14,17-18H,2,6-7H2,1H3/b8-3+/t13-,14+,16-/m0/s1. The summed E-state index contributed by atoms with van der Waals surface area (Å²) in [6.45, 7) is 1.97. The highest BCUT2D eigenvalue weighted by Gasteiger charge is 2.73. The van der Waals surface area contributed by atoms with Crippen molar-refractivity contribution in [3.05, 3.63) is 34.9 Å². The number of ether oxygens (including phenoxy) is 2. The topological polar surface area (TPSA) is 79.3 Å². The average molecular weight is 288 g/mol. The van der Waals surface area contributed by atoms with Gasteiger partial charge in [-0.25, -0.2) is 4.79 Å². The number of phenols is 2. The highest BCUT2D eigenvalue weighted by molar-refractivity contribution is 5.87. The van der Waals surface area contributed by atoms with Crippen molar-refractivity contribution in [3.63, 3.8) is 0 Å². The van der Waals surface area contributed by atoms with Crippen LogP contribution in [0.2, 0.25) is 0 Å². The predicted molar refractivity (Wildman–Crippen MR) is 72.9 cm³/mol. The normalized spacial score (nSPS) is 36.0. The van der Waals surface area contributed by atoms with Gasteiger partial charge in [-0.15, -0.1) is 0 Å². The molecule has 2 saturated heterocycles. The van der Waals surface area contributed by atoms with Gasteiger partial charge < -0.3 is 19.7 Å². The molecule has 1 aromatic carbocycles. The Labute approximate surface area is 121 Å². The van der Waals surface area contributed by atoms with Crippen LogP contribution in [0.25, 0.3) is 0 Å². The van der Waals surface area contributed by atoms with Gasteiger partial charge in [-0.1, -0.05) is 11.6 Å². The fraction of sp³-hybridized carbons (Fsp3) is 0.438. The number of carbonyl (C=O) groups excluding carboxylic acids is 1. The smallest absolute Gasteiger partial charge is 0.342 e. The summed E-state index contributed by atoms with van der Waals surface area (Å²) >= 11 is 0. The first-order valence-corrected chi connectivity index (χ1v) is 7.11. The number of rotatable bonds is 0. The van der Waals surface area contributed by atoms with E-state index in [0.29, 0.717) is 24.0 Å². The second-order valence-electron chi connectivity index (χ2n) is 6.02. The molecule has 0 spiro atoms. The fourth-order valence-electron chi connectivity index (χ4n) is 3.48. The van der Waals surface area contributed by atoms with Crippen molar-refractivity contribution >= 4 is 5.97 Å². The molecular formula is C16H16O5. The molecule has 2 heterocycles. The second-order valence-corrected chi connectivity index (χ2v) is 6.02. The van der Waals surface area contributed by atoms with Crippen LogP contribution >= 0.6 is 0 Å². The Morgan fingerprint density at radius 3 is 2.81 bits per heavy atom. The van der Waals surface area contributed by atoms with Crippen molar-refractivity contribution in [2.75, 3.05) is 0 Å². The molecule has 5 nitrogen and oxygen atoms in total. The molecule has 2 bridgehead atoms. The maximum atomic E-state index is 12.1. The molecule has 4 rings (SSSR count). The minimum absolute atomic E-state index is 0.0280. The van der Waals surface area contributed by atoms with Crippen molar-refractivity contribution < 1.29 is 24.5 Å². The molecule has 1 aromatic rings. The second kappa shape index (κ2) is 4.01. The van der Waals surface area contributed by atoms with Crippen LogP contribution < -0.4 is 0 Å². The molecule has 2 fully saturated rings. The highest BCUT2D eigenvalue weighted by Crippen LogP contribution is 2.58. The molecule has 21 heavy (non-hydrogen) atoms. The monoisotopic (exact) mass is 288 g/mol. The first-order valence-electron chi connectivity index (χ1n) is 7.11. The minimum atomic E-state index is -0.853. The van der Waals surface area contributed by atoms with Crippen LogP contribution in [0, 0.1) is 0 Å². The summed E-state index contributed by atoms with van der Waals surface area (Å²) in [5.74, 6) is -0.232. The average Bonchev–Trinajstić information content (AvgIpc) is 3.11. The van der Waals surface area contributed by atoms with E-state index >= 15 is 0 Å². The SMILES string of the molecule is C/C1=C\CC[C@]23O[C@@H]2[C@@H](OC3=O)c2c(O)ccc(O)c2C1. The number of hydrogen-bond acceptors (Lipinski definition) is 5. The molecule has 0 unspecified atom stereocenters. The summed E-state index contributed by atoms with van der Waals surface area (Å²) in [7, 11) is 0. The molecule has 3 atom stereocenters. The zero-order chi connectivity index (χ0) is 14.8. The molecule has 2 N–H and O–H groups in total. The fourth-order valence-corrected chi connectivity index (χ4v) is 3.48. The van der Waals surface area contributed by atoms with E-state index in [2.05, 4.69) is 0 Å². The van der Waals surface area contributed by atoms with Crippen LogP contribution in [0.1, 0.15) is 37.0 Å². The van der Waals surface area contributed by atoms with Crippen molar-refractivity contribution in [3.8, 4) is 11.5 Å². The molecule has 0 amide bonds. The lowest BCUT2D eigenvalue weighted by Crippen LogP contribution is -2.22. The number of allylic oxidation sites excluding steroid dienone is 2. The third-order valence-corrected chi connectivity index (χ3v) is 4.65. The zero-order valence-corrected chi connectivity index (χ0v) is 11.6. The summed E-state index contributed by atoms with van der Waals surface area (Å²) in [6, 6.07) is 2.89. The Morgan fingerprint density at radius 2 is 2.05 bits per heavy atom. The Bertz CT molecular complexity index is 677. The van der Waals surface area contributed by atoms with E-state index in [0.717, 1.165) is 12.0 Å². The molecular weight excluding hydrogens is 272 g/mol. The van der Waals surface area contributed by atoms with Crippen LogP contribution in [0.3, 0.4) is 0 Å². The van der Waals surface area contributed by atoms with E-state index in [9.17, 15) is 15.0 Å². The van der Waals surface area contributed by atoms with Crippen LogP contribution in [0.4, 0.5) is 0 Å². The number of phenolic OH excluding ortho intramolecular Hbond substituents is 2. The third-order valence-electron chi connectivity index (χ3n) is 4.65. The first-order chi connectivity index (χ1) is 10.0. The van der Waals surface area contributed by atoms with E-state index in [1.807, 2.05) is 13.0 Å². The maximum Gasteiger partial charge on any atom is 0.342 e. The number of esters is 1. The largest absolute Gasteiger partial charge is 0.508 e. The number of epoxide rings is 1. The van der Waals surface area contributed by atoms with E-state index in [1.165, 1.54) is 12.1 Å². The summed E-state index contributed by atoms with van der Waals surface area (Å²) < 4.78 is 11.1. The van der Waals surface area contributed by atoms with Crippen LogP contribution in [0.5, 0.6) is 11.5 Å². The highest BCUT2D eigenvalue weighted by atomic mass is 16.7. The van der Waals surface area contributed by atoms with Gasteiger partial charge in [0.2, 0.25) is 0 Å². The quantitative estimate of drug-likeness (QED) is 0.331. The van der Waals surface area contributed by atoms with Gasteiger partial charge in [0.1, 0.15) is 17.6 Å². The molecule has 0 radical (unpaired) electrons. The Balaban J connectivity index is 1.91. The molecule has 3 aliphatic rings. The van der Waals surface area contributed by atoms with Crippen LogP contribution in [-0.2, 0) is 20.7 Å². The van der Waals surface area contributed by atoms with E-state index < -0.39 is 11.7 Å². The summed E-state index contributed by atoms with van der Waals surface area (Å²) in [6.07, 6.45) is 2.91. The number of fused-ring (bicyclic) bond motifs is 2. The molecule has 0 saturated carbocycles. The number of hydrogen-bond donors (Lipinski definition) is 2. The van der Waals surface area contributed by atoms with Crippen LogP contribution in [-0.4, -0.2) is 27.9 Å². The van der Waals surface area contributed by atoms with Crippen molar-refractivity contribution in [1.82, 2.24) is 0 Å². The van der Waals surface area contributed by atoms with Crippen molar-refractivity contribution in [2.45, 2.75) is 44.0 Å². The van der Waals surface area contributed by atoms with Crippen molar-refractivity contribution in [2.24, 2.45) is 0 Å². The first kappa shape index (κ1) is 12.7. The third kappa shape index (κ3) is 1.64. The Morgan fingerprint density at radius 1 is 1.29 bits per heavy atom. The molecule has 110 valence electrons. The number of carbonyl (C=O) groups is 1. The van der Waals surface area contributed by atoms with Gasteiger partial charge in [-0.05, 0) is 38.3 Å². The zero-order valence-electron chi connectivity index (χ0n) is 11.6. The Kier molecular flexibility index (Phi) is 2.43. The number of aromatic hydroxyl groups is 2. The van der Waals surface area contributed by atoms with Gasteiger partial charge in [-0.2, -0.15) is 0 Å². The van der Waals surface area contributed by atoms with Gasteiger partial charge in [0.15, 0.2) is 11.7 Å². The summed E-state index contributed by atoms with van der Waals surface area (Å²) in [4.78, 5) is 12.1. The molecule has 2 aliphatic heterocycles. The van der Waals surface area contributed by atoms with Gasteiger partial charge in [0.25, 0.3) is 0 Å². The lowest BCUT2D eigenvalue weighted by Gasteiger charge is -2.19. The van der Waals surface area contributed by atoms with E-state index in [-0.39, 0.29) is 23.6 Å². The predicted octanol–water partition coefficient (Wildman–Crippen LogP) is 2.12. The maximum absolute atomic E-state index is 12.1. The summed E-state index contributed by atoms with van der Waals surface area (Å²) in [5, 5.41) is 20.4. The van der Waals surface area contributed by atoms with Crippen LogP contribution in [0.15, 0.2) is 23.8 Å². The van der Waals surface area contributed by atoms with Gasteiger partial charge in [-0.3, -0.25) is 0 Å². The van der Waals surface area contributed by atoms with E-state index in [4.69, 9.17) is 9.47 Å². The lowest BCUT2D eigenvalue weighted by molar-refractivity contribution is -0.154. The summed E-state index contributed by atoms with van der Waals surface area (Å²) in [5.41, 5.74) is 1.31. The van der Waals surface area contributed by atoms with Gasteiger partial charge >= 0.3 is 5.97 Å². The molecule has 5 heteroatoms. The van der Waals surface area contributed by atoms with Gasteiger partial charge in [0, 0.05) is 11.1 Å². The van der Waals surface area contributed by atoms with Crippen molar-refractivity contribution in [1.29, 1.82) is 0 Å². The van der Waals surface area contributed by atoms with E-state index in [1.54, 1.807) is 0 Å². The molecule has 0 aromatic heterocycles. The van der Waals surface area contributed by atoms with Gasteiger partial charge in [0.05, 0.1) is 0 Å². The number of benzene rings is 1. The molecule has 1 aliphatic carbocycles. The Hall–Kier alpha value is -2.01. The minimum Gasteiger partial charge on any atom is -0.508 e. The lowest BCUT2D eigenvalue weighted by atomic mass is 9.88.